The Kier molecular flexibility index (Phi) is 7.43. The molecule has 0 aliphatic rings. The number of carbonyl (C=O) groups excluding carboxylic acids is 1. The van der Waals surface area contributed by atoms with Crippen LogP contribution in [0, 0.1) is 12.8 Å². The molecule has 3 aromatic rings. The number of carbonyl (C=O) groups is 1. The van der Waals surface area contributed by atoms with Gasteiger partial charge in [0.05, 0.1) is 24.4 Å². The summed E-state index contributed by atoms with van der Waals surface area (Å²) in [4.78, 5) is 33.4. The van der Waals surface area contributed by atoms with Crippen molar-refractivity contribution in [1.82, 2.24) is 19.9 Å². The zero-order chi connectivity index (χ0) is 22.5. The van der Waals surface area contributed by atoms with E-state index in [2.05, 4.69) is 29.1 Å². The van der Waals surface area contributed by atoms with Crippen molar-refractivity contribution in [2.24, 2.45) is 5.92 Å². The number of benzene rings is 1. The van der Waals surface area contributed by atoms with E-state index in [4.69, 9.17) is 4.74 Å². The van der Waals surface area contributed by atoms with Gasteiger partial charge in [0.25, 0.3) is 5.56 Å². The molecule has 7 nitrogen and oxygen atoms in total. The predicted molar refractivity (Wildman–Crippen MR) is 125 cm³/mol. The third-order valence-corrected chi connectivity index (χ3v) is 6.05. The highest BCUT2D eigenvalue weighted by Gasteiger charge is 2.16. The van der Waals surface area contributed by atoms with E-state index in [0.717, 1.165) is 23.4 Å². The number of aromatic nitrogens is 3. The number of nitrogens with zero attached hydrogens (tertiary/aromatic N) is 2. The van der Waals surface area contributed by atoms with Crippen molar-refractivity contribution in [1.29, 1.82) is 0 Å². The number of nitrogens with one attached hydrogen (secondary N) is 2. The Bertz CT molecular complexity index is 1120. The number of amides is 1. The van der Waals surface area contributed by atoms with Crippen molar-refractivity contribution in [2.75, 3.05) is 12.9 Å². The van der Waals surface area contributed by atoms with Gasteiger partial charge in [-0.05, 0) is 49.9 Å². The van der Waals surface area contributed by atoms with Crippen LogP contribution in [0.2, 0.25) is 0 Å². The number of hydrogen-bond donors (Lipinski definition) is 2. The topological polar surface area (TPSA) is 89.0 Å². The molecule has 0 radical (unpaired) electrons. The number of hydrogen-bond acceptors (Lipinski definition) is 5. The van der Waals surface area contributed by atoms with E-state index < -0.39 is 0 Å². The van der Waals surface area contributed by atoms with Crippen LogP contribution in [0.25, 0.3) is 11.0 Å². The Morgan fingerprint density at radius 3 is 2.77 bits per heavy atom. The van der Waals surface area contributed by atoms with E-state index >= 15 is 0 Å². The fraction of sp³-hybridized carbons (Fsp3) is 0.435. The lowest BCUT2D eigenvalue weighted by molar-refractivity contribution is -0.119. The Hall–Kier alpha value is -2.74. The van der Waals surface area contributed by atoms with Crippen LogP contribution in [-0.4, -0.2) is 33.3 Å². The van der Waals surface area contributed by atoms with Gasteiger partial charge in [0, 0.05) is 12.2 Å². The van der Waals surface area contributed by atoms with E-state index in [1.807, 2.05) is 44.2 Å². The number of fused-ring (bicyclic) bond motifs is 1. The molecule has 31 heavy (non-hydrogen) atoms. The highest BCUT2D eigenvalue weighted by molar-refractivity contribution is 7.99. The Morgan fingerprint density at radius 2 is 2.06 bits per heavy atom. The van der Waals surface area contributed by atoms with Crippen molar-refractivity contribution in [2.45, 2.75) is 51.9 Å². The van der Waals surface area contributed by atoms with E-state index in [9.17, 15) is 9.59 Å². The zero-order valence-corrected chi connectivity index (χ0v) is 19.5. The molecule has 2 N–H and O–H groups in total. The van der Waals surface area contributed by atoms with E-state index in [0.29, 0.717) is 28.7 Å². The van der Waals surface area contributed by atoms with E-state index in [1.54, 1.807) is 11.7 Å². The quantitative estimate of drug-likeness (QED) is 0.385. The smallest absolute Gasteiger partial charge is 0.278 e. The Balaban J connectivity index is 1.74. The Morgan fingerprint density at radius 1 is 1.29 bits per heavy atom. The van der Waals surface area contributed by atoms with Crippen molar-refractivity contribution in [3.8, 4) is 5.75 Å². The van der Waals surface area contributed by atoms with Gasteiger partial charge in [0.2, 0.25) is 5.91 Å². The first kappa shape index (κ1) is 22.9. The summed E-state index contributed by atoms with van der Waals surface area (Å²) in [6.07, 6.45) is 0.861. The number of thioether (sulfide) groups is 1. The fourth-order valence-electron chi connectivity index (χ4n) is 3.31. The predicted octanol–water partition coefficient (Wildman–Crippen LogP) is 4.06. The van der Waals surface area contributed by atoms with Gasteiger partial charge in [0.15, 0.2) is 5.16 Å². The van der Waals surface area contributed by atoms with Gasteiger partial charge in [-0.15, -0.1) is 0 Å². The van der Waals surface area contributed by atoms with Gasteiger partial charge < -0.3 is 15.0 Å². The summed E-state index contributed by atoms with van der Waals surface area (Å²) in [6.45, 7) is 8.65. The molecule has 166 valence electrons. The van der Waals surface area contributed by atoms with Gasteiger partial charge >= 0.3 is 0 Å². The van der Waals surface area contributed by atoms with Crippen molar-refractivity contribution >= 4 is 28.7 Å². The third kappa shape index (κ3) is 5.70. The lowest BCUT2D eigenvalue weighted by Crippen LogP contribution is -2.29. The van der Waals surface area contributed by atoms with Crippen molar-refractivity contribution in [3.05, 3.63) is 51.9 Å². The van der Waals surface area contributed by atoms with Crippen LogP contribution in [0.3, 0.4) is 0 Å². The highest BCUT2D eigenvalue weighted by Crippen LogP contribution is 2.21. The average molecular weight is 443 g/mol. The van der Waals surface area contributed by atoms with E-state index in [-0.39, 0.29) is 23.3 Å². The summed E-state index contributed by atoms with van der Waals surface area (Å²) in [7, 11) is 1.62. The molecule has 1 aromatic carbocycles. The zero-order valence-electron chi connectivity index (χ0n) is 18.7. The molecule has 0 aliphatic heterocycles. The van der Waals surface area contributed by atoms with Gasteiger partial charge in [0.1, 0.15) is 11.3 Å². The molecule has 0 bridgehead atoms. The van der Waals surface area contributed by atoms with Gasteiger partial charge in [-0.2, -0.15) is 0 Å². The fourth-order valence-corrected chi connectivity index (χ4v) is 4.15. The largest absolute Gasteiger partial charge is 0.497 e. The normalized spacial score (nSPS) is 12.3. The second-order valence-electron chi connectivity index (χ2n) is 8.10. The summed E-state index contributed by atoms with van der Waals surface area (Å²) in [5.74, 6) is 1.27. The van der Waals surface area contributed by atoms with Crippen molar-refractivity contribution < 1.29 is 9.53 Å². The summed E-state index contributed by atoms with van der Waals surface area (Å²) >= 11 is 1.29. The van der Waals surface area contributed by atoms with Crippen LogP contribution >= 0.6 is 11.8 Å². The molecule has 1 atom stereocenters. The van der Waals surface area contributed by atoms with Crippen LogP contribution in [-0.2, 0) is 11.3 Å². The minimum Gasteiger partial charge on any atom is -0.497 e. The maximum Gasteiger partial charge on any atom is 0.278 e. The second kappa shape index (κ2) is 10.0. The maximum atomic E-state index is 13.0. The molecule has 0 spiro atoms. The molecular weight excluding hydrogens is 412 g/mol. The number of H-pyrrole nitrogens is 1. The molecule has 0 saturated heterocycles. The monoisotopic (exact) mass is 442 g/mol. The summed E-state index contributed by atoms with van der Waals surface area (Å²) < 4.78 is 6.94. The lowest BCUT2D eigenvalue weighted by Gasteiger charge is -2.16. The third-order valence-electron chi connectivity index (χ3n) is 5.07. The number of aromatic amines is 1. The minimum atomic E-state index is -0.158. The molecule has 2 aromatic heterocycles. The van der Waals surface area contributed by atoms with Gasteiger partial charge in [-0.3, -0.25) is 14.2 Å². The van der Waals surface area contributed by atoms with Crippen molar-refractivity contribution in [3.63, 3.8) is 0 Å². The first-order chi connectivity index (χ1) is 14.8. The number of aryl methyl sites for hydroxylation is 1. The number of rotatable bonds is 9. The first-order valence-electron chi connectivity index (χ1n) is 10.4. The molecule has 1 amide bonds. The van der Waals surface area contributed by atoms with Gasteiger partial charge in [-0.25, -0.2) is 4.98 Å². The second-order valence-corrected chi connectivity index (χ2v) is 9.04. The highest BCUT2D eigenvalue weighted by atomic mass is 32.2. The summed E-state index contributed by atoms with van der Waals surface area (Å²) in [6, 6.07) is 9.33. The molecular formula is C23H30N4O3S. The molecule has 0 fully saturated rings. The molecule has 3 rings (SSSR count). The molecule has 1 unspecified atom stereocenters. The molecule has 0 aliphatic carbocycles. The van der Waals surface area contributed by atoms with Crippen LogP contribution in [0.1, 0.15) is 44.5 Å². The first-order valence-corrected chi connectivity index (χ1v) is 11.4. The van der Waals surface area contributed by atoms with Crippen LogP contribution in [0.15, 0.2) is 40.3 Å². The lowest BCUT2D eigenvalue weighted by atomic mass is 10.1. The average Bonchev–Trinajstić information content (AvgIpc) is 3.12. The summed E-state index contributed by atoms with van der Waals surface area (Å²) in [5, 5.41) is 3.58. The van der Waals surface area contributed by atoms with Crippen LogP contribution in [0.4, 0.5) is 0 Å². The molecule has 0 saturated carbocycles. The minimum absolute atomic E-state index is 0.0913. The Labute approximate surface area is 186 Å². The molecule has 2 heterocycles. The summed E-state index contributed by atoms with van der Waals surface area (Å²) in [5.41, 5.74) is 2.92. The van der Waals surface area contributed by atoms with Gasteiger partial charge in [-0.1, -0.05) is 37.7 Å². The van der Waals surface area contributed by atoms with E-state index in [1.165, 1.54) is 11.8 Å². The number of ether oxygens (including phenoxy) is 1. The standard InChI is InChI=1S/C23H30N4O3S/c1-14(2)9-10-27-22(29)21-19(11-15(3)24-21)26-23(27)31-13-20(28)25-16(4)17-7-6-8-18(12-17)30-5/h6-8,11-12,14,16,24H,9-10,13H2,1-5H3,(H,25,28). The molecule has 8 heteroatoms. The maximum absolute atomic E-state index is 13.0. The SMILES string of the molecule is COc1cccc(C(C)NC(=O)CSc2nc3cc(C)[nH]c3c(=O)n2CCC(C)C)c1. The number of methoxy groups -OCH3 is 1. The van der Waals surface area contributed by atoms with Crippen LogP contribution in [0.5, 0.6) is 5.75 Å². The van der Waals surface area contributed by atoms with Crippen LogP contribution < -0.4 is 15.6 Å².